The van der Waals surface area contributed by atoms with Crippen LogP contribution in [0.3, 0.4) is 0 Å². The summed E-state index contributed by atoms with van der Waals surface area (Å²) in [6.45, 7) is 6.41. The second kappa shape index (κ2) is 22.9. The summed E-state index contributed by atoms with van der Waals surface area (Å²) in [5.41, 5.74) is 5.70. The maximum atomic E-state index is 5.70. The molecule has 1 atom stereocenters. The Morgan fingerprint density at radius 1 is 0.750 bits per heavy atom. The van der Waals surface area contributed by atoms with E-state index in [1.165, 1.54) is 89.9 Å². The molecule has 2 nitrogen and oxygen atoms in total. The van der Waals surface area contributed by atoms with Gasteiger partial charge < -0.3 is 11.1 Å². The lowest BCUT2D eigenvalue weighted by atomic mass is 10.1. The van der Waals surface area contributed by atoms with E-state index < -0.39 is 0 Å². The number of nitrogens with one attached hydrogen (secondary N) is 1. The molecule has 24 heavy (non-hydrogen) atoms. The zero-order valence-corrected chi connectivity index (χ0v) is 17.3. The monoisotopic (exact) mass is 360 g/mol. The van der Waals surface area contributed by atoms with Crippen molar-refractivity contribution < 1.29 is 0 Å². The highest BCUT2D eigenvalue weighted by Gasteiger charge is 1.94. The third-order valence-electron chi connectivity index (χ3n) is 4.33. The van der Waals surface area contributed by atoms with Crippen molar-refractivity contribution in [1.82, 2.24) is 5.32 Å². The largest absolute Gasteiger partial charge is 0.327 e. The number of allylic oxidation sites excluding steroid dienone is 2. The molecule has 146 valence electrons. The van der Waals surface area contributed by atoms with Crippen molar-refractivity contribution in [3.05, 3.63) is 12.2 Å². The molecule has 0 radical (unpaired) electrons. The molecule has 0 saturated carbocycles. The first-order valence-corrected chi connectivity index (χ1v) is 10.4. The Kier molecular flexibility index (Phi) is 25.0. The zero-order chi connectivity index (χ0) is 17.0. The molecule has 3 heteroatoms. The lowest BCUT2D eigenvalue weighted by Crippen LogP contribution is -2.31. The molecular formula is C21H45ClN2. The lowest BCUT2D eigenvalue weighted by Gasteiger charge is -2.06. The number of hydrogen-bond donors (Lipinski definition) is 2. The van der Waals surface area contributed by atoms with Crippen molar-refractivity contribution in [3.8, 4) is 0 Å². The highest BCUT2D eigenvalue weighted by Crippen LogP contribution is 2.09. The van der Waals surface area contributed by atoms with Crippen LogP contribution in [0.5, 0.6) is 0 Å². The normalized spacial score (nSPS) is 12.5. The van der Waals surface area contributed by atoms with Gasteiger partial charge in [0.15, 0.2) is 0 Å². The van der Waals surface area contributed by atoms with Crippen molar-refractivity contribution in [2.75, 3.05) is 13.1 Å². The molecule has 0 aromatic rings. The van der Waals surface area contributed by atoms with Crippen LogP contribution < -0.4 is 11.1 Å². The zero-order valence-electron chi connectivity index (χ0n) is 16.5. The van der Waals surface area contributed by atoms with Gasteiger partial charge in [0.2, 0.25) is 0 Å². The molecule has 0 aliphatic heterocycles. The Bertz CT molecular complexity index is 242. The number of hydrogen-bond acceptors (Lipinski definition) is 2. The number of rotatable bonds is 18. The predicted octanol–water partition coefficient (Wildman–Crippen LogP) is 6.38. The molecule has 3 N–H and O–H groups in total. The second-order valence-corrected chi connectivity index (χ2v) is 7.12. The SMILES string of the molecule is CCCCCCCC/C=C\CCCCCCCCNCC(C)N.Cl. The van der Waals surface area contributed by atoms with E-state index in [-0.39, 0.29) is 18.4 Å². The third kappa shape index (κ3) is 24.2. The maximum Gasteiger partial charge on any atom is 0.0136 e. The quantitative estimate of drug-likeness (QED) is 0.220. The minimum Gasteiger partial charge on any atom is -0.327 e. The molecule has 0 saturated heterocycles. The molecule has 0 spiro atoms. The Morgan fingerprint density at radius 3 is 1.71 bits per heavy atom. The van der Waals surface area contributed by atoms with Crippen molar-refractivity contribution >= 4 is 12.4 Å². The second-order valence-electron chi connectivity index (χ2n) is 7.12. The minimum absolute atomic E-state index is 0. The van der Waals surface area contributed by atoms with E-state index >= 15 is 0 Å². The van der Waals surface area contributed by atoms with E-state index in [0.29, 0.717) is 0 Å². The van der Waals surface area contributed by atoms with E-state index in [0.717, 1.165) is 13.1 Å². The van der Waals surface area contributed by atoms with Gasteiger partial charge in [0.25, 0.3) is 0 Å². The first-order valence-electron chi connectivity index (χ1n) is 10.4. The fourth-order valence-corrected chi connectivity index (χ4v) is 2.83. The predicted molar refractivity (Wildman–Crippen MR) is 113 cm³/mol. The molecule has 0 bridgehead atoms. The Balaban J connectivity index is 0. The number of unbranched alkanes of at least 4 members (excludes halogenated alkanes) is 12. The van der Waals surface area contributed by atoms with Crippen molar-refractivity contribution in [3.63, 3.8) is 0 Å². The number of nitrogens with two attached hydrogens (primary N) is 1. The van der Waals surface area contributed by atoms with Gasteiger partial charge in [0, 0.05) is 12.6 Å². The van der Waals surface area contributed by atoms with Crippen LogP contribution in [0.25, 0.3) is 0 Å². The molecule has 1 unspecified atom stereocenters. The van der Waals surface area contributed by atoms with Crippen LogP contribution >= 0.6 is 12.4 Å². The van der Waals surface area contributed by atoms with Gasteiger partial charge in [-0.2, -0.15) is 0 Å². The average molecular weight is 361 g/mol. The molecule has 0 aromatic carbocycles. The molecule has 0 rings (SSSR count). The molecule has 0 aliphatic rings. The summed E-state index contributed by atoms with van der Waals surface area (Å²) >= 11 is 0. The summed E-state index contributed by atoms with van der Waals surface area (Å²) in [6.07, 6.45) is 24.0. The smallest absolute Gasteiger partial charge is 0.0136 e. The van der Waals surface area contributed by atoms with Crippen LogP contribution in [0.4, 0.5) is 0 Å². The molecular weight excluding hydrogens is 316 g/mol. The first kappa shape index (κ1) is 26.2. The van der Waals surface area contributed by atoms with Crippen LogP contribution in [0.1, 0.15) is 104 Å². The van der Waals surface area contributed by atoms with E-state index in [1.54, 1.807) is 0 Å². The standard InChI is InChI=1S/C21H44N2.ClH/c1-3-4-5-6-7-8-9-10-11-12-13-14-15-16-17-18-19-23-20-21(2)22;/h10-11,21,23H,3-9,12-20,22H2,1-2H3;1H/b11-10-;. The summed E-state index contributed by atoms with van der Waals surface area (Å²) in [5.74, 6) is 0. The summed E-state index contributed by atoms with van der Waals surface area (Å²) in [6, 6.07) is 0.282. The van der Waals surface area contributed by atoms with E-state index in [2.05, 4.69) is 31.3 Å². The summed E-state index contributed by atoms with van der Waals surface area (Å²) < 4.78 is 0. The van der Waals surface area contributed by atoms with Gasteiger partial charge in [-0.15, -0.1) is 12.4 Å². The summed E-state index contributed by atoms with van der Waals surface area (Å²) in [4.78, 5) is 0. The van der Waals surface area contributed by atoms with Crippen LogP contribution in [-0.2, 0) is 0 Å². The Labute approximate surface area is 158 Å². The average Bonchev–Trinajstić information content (AvgIpc) is 2.53. The van der Waals surface area contributed by atoms with Crippen LogP contribution in [0.15, 0.2) is 12.2 Å². The fourth-order valence-electron chi connectivity index (χ4n) is 2.83. The van der Waals surface area contributed by atoms with Gasteiger partial charge in [-0.25, -0.2) is 0 Å². The van der Waals surface area contributed by atoms with Crippen LogP contribution in [0.2, 0.25) is 0 Å². The van der Waals surface area contributed by atoms with Crippen molar-refractivity contribution in [2.45, 2.75) is 110 Å². The van der Waals surface area contributed by atoms with Gasteiger partial charge in [-0.3, -0.25) is 0 Å². The van der Waals surface area contributed by atoms with E-state index in [9.17, 15) is 0 Å². The van der Waals surface area contributed by atoms with Gasteiger partial charge in [-0.05, 0) is 45.6 Å². The van der Waals surface area contributed by atoms with Crippen LogP contribution in [0, 0.1) is 0 Å². The Hall–Kier alpha value is -0.0500. The molecule has 0 aliphatic carbocycles. The minimum atomic E-state index is 0. The van der Waals surface area contributed by atoms with Crippen LogP contribution in [-0.4, -0.2) is 19.1 Å². The molecule has 0 heterocycles. The summed E-state index contributed by atoms with van der Waals surface area (Å²) in [7, 11) is 0. The van der Waals surface area contributed by atoms with E-state index in [1.807, 2.05) is 0 Å². The van der Waals surface area contributed by atoms with Crippen molar-refractivity contribution in [2.24, 2.45) is 5.73 Å². The third-order valence-corrected chi connectivity index (χ3v) is 4.33. The van der Waals surface area contributed by atoms with Gasteiger partial charge in [0.1, 0.15) is 0 Å². The number of halogens is 1. The maximum absolute atomic E-state index is 5.70. The Morgan fingerprint density at radius 2 is 1.21 bits per heavy atom. The topological polar surface area (TPSA) is 38.0 Å². The van der Waals surface area contributed by atoms with Gasteiger partial charge in [-0.1, -0.05) is 76.9 Å². The fraction of sp³-hybridized carbons (Fsp3) is 0.905. The van der Waals surface area contributed by atoms with E-state index in [4.69, 9.17) is 5.73 Å². The van der Waals surface area contributed by atoms with Crippen molar-refractivity contribution in [1.29, 1.82) is 0 Å². The van der Waals surface area contributed by atoms with Gasteiger partial charge >= 0.3 is 0 Å². The van der Waals surface area contributed by atoms with Gasteiger partial charge in [0.05, 0.1) is 0 Å². The molecule has 0 aromatic heterocycles. The highest BCUT2D eigenvalue weighted by molar-refractivity contribution is 5.85. The molecule has 0 fully saturated rings. The summed E-state index contributed by atoms with van der Waals surface area (Å²) in [5, 5.41) is 3.40. The first-order chi connectivity index (χ1) is 11.3. The molecule has 0 amide bonds. The lowest BCUT2D eigenvalue weighted by molar-refractivity contribution is 0.548. The highest BCUT2D eigenvalue weighted by atomic mass is 35.5.